The van der Waals surface area contributed by atoms with Gasteiger partial charge in [0.1, 0.15) is 0 Å². The van der Waals surface area contributed by atoms with Gasteiger partial charge in [0.25, 0.3) is 0 Å². The Labute approximate surface area is 114 Å². The van der Waals surface area contributed by atoms with Crippen LogP contribution in [0.15, 0.2) is 6.20 Å². The Kier molecular flexibility index (Phi) is 4.13. The van der Waals surface area contributed by atoms with Crippen LogP contribution >= 0.6 is 0 Å². The fourth-order valence-corrected chi connectivity index (χ4v) is 3.18. The molecule has 6 nitrogen and oxygen atoms in total. The number of rotatable bonds is 4. The maximum absolute atomic E-state index is 5.91. The third-order valence-corrected chi connectivity index (χ3v) is 4.35. The maximum atomic E-state index is 5.91. The number of nitrogens with two attached hydrogens (primary N) is 1. The zero-order valence-electron chi connectivity index (χ0n) is 12.3. The molecule has 6 heteroatoms. The first-order valence-electron chi connectivity index (χ1n) is 6.68. The van der Waals surface area contributed by atoms with Crippen LogP contribution in [0.5, 0.6) is 5.75 Å². The molecule has 1 saturated heterocycles. The molecule has 0 aliphatic carbocycles. The molecule has 0 aromatic carbocycles. The van der Waals surface area contributed by atoms with E-state index in [0.29, 0.717) is 5.92 Å². The molecule has 2 heterocycles. The van der Waals surface area contributed by atoms with Crippen LogP contribution in [0.4, 0.5) is 0 Å². The van der Waals surface area contributed by atoms with E-state index in [1.54, 1.807) is 13.3 Å². The van der Waals surface area contributed by atoms with Gasteiger partial charge < -0.3 is 9.47 Å². The van der Waals surface area contributed by atoms with Crippen LogP contribution < -0.4 is 16.0 Å². The summed E-state index contributed by atoms with van der Waals surface area (Å²) in [5, 5.41) is 4.25. The monoisotopic (exact) mass is 268 g/mol. The van der Waals surface area contributed by atoms with Crippen molar-refractivity contribution < 1.29 is 9.47 Å². The molecular weight excluding hydrogens is 244 g/mol. The molecule has 1 aromatic rings. The lowest BCUT2D eigenvalue weighted by molar-refractivity contribution is 0.0470. The van der Waals surface area contributed by atoms with Gasteiger partial charge in [0, 0.05) is 13.0 Å². The van der Waals surface area contributed by atoms with Crippen molar-refractivity contribution in [2.45, 2.75) is 39.0 Å². The Bertz CT molecular complexity index is 434. The highest BCUT2D eigenvalue weighted by atomic mass is 16.5. The lowest BCUT2D eigenvalue weighted by atomic mass is 9.82. The average Bonchev–Trinajstić information content (AvgIpc) is 2.86. The van der Waals surface area contributed by atoms with Gasteiger partial charge in [-0.1, -0.05) is 6.92 Å². The molecule has 0 bridgehead atoms. The SMILES string of the molecule is COc1cnn(C)c1C(NN)C1C(C)OC(C)C1C. The molecular formula is C13H24N4O2. The van der Waals surface area contributed by atoms with Crippen LogP contribution in [0.3, 0.4) is 0 Å². The van der Waals surface area contributed by atoms with Gasteiger partial charge in [0.05, 0.1) is 37.3 Å². The quantitative estimate of drug-likeness (QED) is 0.629. The third-order valence-electron chi connectivity index (χ3n) is 4.35. The van der Waals surface area contributed by atoms with Gasteiger partial charge in [-0.3, -0.25) is 16.0 Å². The number of ether oxygens (including phenoxy) is 2. The van der Waals surface area contributed by atoms with Crippen LogP contribution in [0.2, 0.25) is 0 Å². The van der Waals surface area contributed by atoms with Crippen molar-refractivity contribution in [3.8, 4) is 5.75 Å². The zero-order valence-corrected chi connectivity index (χ0v) is 12.3. The van der Waals surface area contributed by atoms with Gasteiger partial charge in [-0.05, 0) is 19.8 Å². The van der Waals surface area contributed by atoms with Crippen LogP contribution in [0, 0.1) is 11.8 Å². The second-order valence-electron chi connectivity index (χ2n) is 5.35. The molecule has 1 aliphatic heterocycles. The molecule has 5 atom stereocenters. The Balaban J connectivity index is 2.37. The first kappa shape index (κ1) is 14.3. The summed E-state index contributed by atoms with van der Waals surface area (Å²) < 4.78 is 13.1. The highest BCUT2D eigenvalue weighted by Crippen LogP contribution is 2.42. The van der Waals surface area contributed by atoms with Crippen molar-refractivity contribution in [3.63, 3.8) is 0 Å². The second kappa shape index (κ2) is 5.48. The normalized spacial score (nSPS) is 32.5. The Morgan fingerprint density at radius 3 is 2.58 bits per heavy atom. The maximum Gasteiger partial charge on any atom is 0.161 e. The van der Waals surface area contributed by atoms with Crippen molar-refractivity contribution in [2.24, 2.45) is 24.7 Å². The topological polar surface area (TPSA) is 74.3 Å². The van der Waals surface area contributed by atoms with E-state index in [1.165, 1.54) is 0 Å². The predicted molar refractivity (Wildman–Crippen MR) is 72.5 cm³/mol. The molecule has 108 valence electrons. The molecule has 0 spiro atoms. The van der Waals surface area contributed by atoms with Gasteiger partial charge in [-0.25, -0.2) is 0 Å². The number of nitrogens with one attached hydrogen (secondary N) is 1. The molecule has 1 aromatic heterocycles. The van der Waals surface area contributed by atoms with Crippen molar-refractivity contribution >= 4 is 0 Å². The van der Waals surface area contributed by atoms with Gasteiger partial charge in [0.2, 0.25) is 0 Å². The number of aryl methyl sites for hydroxylation is 1. The Morgan fingerprint density at radius 1 is 1.42 bits per heavy atom. The lowest BCUT2D eigenvalue weighted by Crippen LogP contribution is -2.39. The average molecular weight is 268 g/mol. The van der Waals surface area contributed by atoms with Gasteiger partial charge >= 0.3 is 0 Å². The van der Waals surface area contributed by atoms with E-state index in [1.807, 2.05) is 11.7 Å². The summed E-state index contributed by atoms with van der Waals surface area (Å²) in [5.41, 5.74) is 3.89. The number of nitrogens with zero attached hydrogens (tertiary/aromatic N) is 2. The molecule has 0 amide bonds. The van der Waals surface area contributed by atoms with Gasteiger partial charge in [-0.2, -0.15) is 5.10 Å². The Hall–Kier alpha value is -1.11. The number of hydrogen-bond acceptors (Lipinski definition) is 5. The van der Waals surface area contributed by atoms with Crippen LogP contribution in [-0.2, 0) is 11.8 Å². The molecule has 1 aliphatic rings. The zero-order chi connectivity index (χ0) is 14.2. The number of hydrogen-bond donors (Lipinski definition) is 2. The number of methoxy groups -OCH3 is 1. The first-order valence-corrected chi connectivity index (χ1v) is 6.68. The van der Waals surface area contributed by atoms with E-state index in [9.17, 15) is 0 Å². The summed E-state index contributed by atoms with van der Waals surface area (Å²) in [6.07, 6.45) is 2.09. The van der Waals surface area contributed by atoms with Crippen molar-refractivity contribution in [1.29, 1.82) is 0 Å². The fraction of sp³-hybridized carbons (Fsp3) is 0.769. The highest BCUT2D eigenvalue weighted by Gasteiger charge is 2.43. The fourth-order valence-electron chi connectivity index (χ4n) is 3.18. The van der Waals surface area contributed by atoms with Gasteiger partial charge in [-0.15, -0.1) is 0 Å². The van der Waals surface area contributed by atoms with Crippen molar-refractivity contribution in [2.75, 3.05) is 7.11 Å². The third kappa shape index (κ3) is 2.35. The number of hydrazine groups is 1. The summed E-state index contributed by atoms with van der Waals surface area (Å²) in [6.45, 7) is 6.40. The minimum absolute atomic E-state index is 0.0441. The van der Waals surface area contributed by atoms with E-state index in [0.717, 1.165) is 11.4 Å². The van der Waals surface area contributed by atoms with E-state index in [4.69, 9.17) is 15.3 Å². The largest absolute Gasteiger partial charge is 0.493 e. The van der Waals surface area contributed by atoms with Crippen LogP contribution in [0.1, 0.15) is 32.5 Å². The first-order chi connectivity index (χ1) is 9.01. The summed E-state index contributed by atoms with van der Waals surface area (Å²) in [4.78, 5) is 0. The molecule has 5 unspecified atom stereocenters. The summed E-state index contributed by atoms with van der Waals surface area (Å²) >= 11 is 0. The minimum Gasteiger partial charge on any atom is -0.493 e. The minimum atomic E-state index is -0.0441. The highest BCUT2D eigenvalue weighted by molar-refractivity contribution is 5.29. The van der Waals surface area contributed by atoms with E-state index in [2.05, 4.69) is 31.3 Å². The standard InChI is InChI=1S/C13H24N4O2/c1-7-8(2)19-9(3)11(7)12(16-14)13-10(18-5)6-15-17(13)4/h6-9,11-12,16H,14H2,1-5H3. The van der Waals surface area contributed by atoms with Gasteiger partial charge in [0.15, 0.2) is 5.75 Å². The van der Waals surface area contributed by atoms with E-state index < -0.39 is 0 Å². The predicted octanol–water partition coefficient (Wildman–Crippen LogP) is 0.993. The number of aromatic nitrogens is 2. The van der Waals surface area contributed by atoms with Crippen LogP contribution in [-0.4, -0.2) is 29.1 Å². The van der Waals surface area contributed by atoms with Crippen molar-refractivity contribution in [1.82, 2.24) is 15.2 Å². The lowest BCUT2D eigenvalue weighted by Gasteiger charge is -2.28. The molecule has 1 fully saturated rings. The molecule has 2 rings (SSSR count). The van der Waals surface area contributed by atoms with E-state index >= 15 is 0 Å². The van der Waals surface area contributed by atoms with Crippen LogP contribution in [0.25, 0.3) is 0 Å². The summed E-state index contributed by atoms with van der Waals surface area (Å²) in [5.74, 6) is 7.25. The van der Waals surface area contributed by atoms with Crippen molar-refractivity contribution in [3.05, 3.63) is 11.9 Å². The second-order valence-corrected chi connectivity index (χ2v) is 5.35. The van der Waals surface area contributed by atoms with E-state index in [-0.39, 0.29) is 24.2 Å². The molecule has 0 radical (unpaired) electrons. The summed E-state index contributed by atoms with van der Waals surface area (Å²) in [7, 11) is 3.55. The summed E-state index contributed by atoms with van der Waals surface area (Å²) in [6, 6.07) is -0.0441. The Morgan fingerprint density at radius 2 is 2.11 bits per heavy atom. The molecule has 0 saturated carbocycles. The smallest absolute Gasteiger partial charge is 0.161 e. The molecule has 19 heavy (non-hydrogen) atoms. The molecule has 3 N–H and O–H groups in total.